The van der Waals surface area contributed by atoms with Crippen molar-refractivity contribution in [2.75, 3.05) is 0 Å². The van der Waals surface area contributed by atoms with Crippen LogP contribution in [-0.2, 0) is 9.53 Å². The Morgan fingerprint density at radius 3 is 2.71 bits per heavy atom. The Morgan fingerprint density at radius 2 is 2.14 bits per heavy atom. The molecule has 1 aliphatic heterocycles. The van der Waals surface area contributed by atoms with E-state index < -0.39 is 40.3 Å². The molecule has 2 aliphatic carbocycles. The van der Waals surface area contributed by atoms with E-state index in [0.717, 1.165) is 5.57 Å². The van der Waals surface area contributed by atoms with Crippen LogP contribution in [-0.4, -0.2) is 34.5 Å². The molecule has 6 nitrogen and oxygen atoms in total. The molecule has 0 aromatic carbocycles. The fourth-order valence-electron chi connectivity index (χ4n) is 5.04. The second-order valence-corrected chi connectivity index (χ2v) is 7.12. The molecule has 0 aromatic heterocycles. The highest BCUT2D eigenvalue weighted by Gasteiger charge is 2.74. The highest BCUT2D eigenvalue weighted by atomic mass is 16.8. The number of aliphatic hydroxyl groups is 1. The molecule has 1 saturated heterocycles. The van der Waals surface area contributed by atoms with Gasteiger partial charge in [-0.1, -0.05) is 19.1 Å². The Bertz CT molecular complexity index is 492. The molecule has 7 atom stereocenters. The minimum atomic E-state index is -1.06. The van der Waals surface area contributed by atoms with Crippen LogP contribution in [0.5, 0.6) is 0 Å². The van der Waals surface area contributed by atoms with Crippen LogP contribution < -0.4 is 5.23 Å². The molecule has 118 valence electrons. The first-order valence-corrected chi connectivity index (χ1v) is 7.53. The Kier molecular flexibility index (Phi) is 3.22. The Balaban J connectivity index is 2.11. The summed E-state index contributed by atoms with van der Waals surface area (Å²) in [7, 11) is 0. The molecular weight excluding hydrogens is 274 g/mol. The standard InChI is InChI=1S/C15H23NO5/c1-8(2)9-4-6-14(3)10(16(19)20)5-7-15(14)12(17)11(9)21-13(15)18/h9-12,16-17,19H,1,4-7H2,2-3H3/t9-,10+,11+,12+,14-,15-/m1/s1. The second-order valence-electron chi connectivity index (χ2n) is 7.12. The molecule has 3 N–H and O–H groups in total. The molecule has 2 bridgehead atoms. The van der Waals surface area contributed by atoms with E-state index in [0.29, 0.717) is 25.7 Å². The van der Waals surface area contributed by atoms with Crippen LogP contribution in [0.15, 0.2) is 12.2 Å². The molecule has 1 spiro atoms. The van der Waals surface area contributed by atoms with Crippen molar-refractivity contribution in [2.24, 2.45) is 16.7 Å². The minimum absolute atomic E-state index is 0.0970. The number of quaternary nitrogens is 1. The van der Waals surface area contributed by atoms with E-state index >= 15 is 0 Å². The van der Waals surface area contributed by atoms with Crippen molar-refractivity contribution in [3.63, 3.8) is 0 Å². The van der Waals surface area contributed by atoms with E-state index in [2.05, 4.69) is 6.58 Å². The topological polar surface area (TPSA) is 94.3 Å². The third-order valence-electron chi connectivity index (χ3n) is 6.34. The average molecular weight is 297 g/mol. The van der Waals surface area contributed by atoms with Crippen LogP contribution in [0, 0.1) is 22.0 Å². The fourth-order valence-corrected chi connectivity index (χ4v) is 5.04. The molecule has 0 radical (unpaired) electrons. The predicted octanol–water partition coefficient (Wildman–Crippen LogP) is 0.186. The lowest BCUT2D eigenvalue weighted by atomic mass is 9.62. The third-order valence-corrected chi connectivity index (χ3v) is 6.34. The molecule has 1 unspecified atom stereocenters. The third kappa shape index (κ3) is 1.64. The number of nitrogens with one attached hydrogen (secondary N) is 1. The first-order valence-electron chi connectivity index (χ1n) is 7.53. The van der Waals surface area contributed by atoms with Crippen molar-refractivity contribution in [1.82, 2.24) is 0 Å². The van der Waals surface area contributed by atoms with Gasteiger partial charge in [0.2, 0.25) is 0 Å². The van der Waals surface area contributed by atoms with Gasteiger partial charge in [0.15, 0.2) is 0 Å². The number of rotatable bonds is 2. The van der Waals surface area contributed by atoms with Gasteiger partial charge in [-0.3, -0.25) is 4.79 Å². The highest BCUT2D eigenvalue weighted by Crippen LogP contribution is 2.63. The average Bonchev–Trinajstić information content (AvgIpc) is 2.78. The molecule has 3 fully saturated rings. The molecule has 0 aromatic rings. The Hall–Kier alpha value is -0.950. The maximum Gasteiger partial charge on any atom is 0.316 e. The molecule has 3 aliphatic rings. The van der Waals surface area contributed by atoms with Crippen LogP contribution >= 0.6 is 0 Å². The summed E-state index contributed by atoms with van der Waals surface area (Å²) in [5.41, 5.74) is -0.946. The number of esters is 1. The number of fused-ring (bicyclic) bond motifs is 1. The smallest absolute Gasteiger partial charge is 0.316 e. The quantitative estimate of drug-likeness (QED) is 0.384. The van der Waals surface area contributed by atoms with Crippen molar-refractivity contribution >= 4 is 5.97 Å². The first-order chi connectivity index (χ1) is 9.75. The SMILES string of the molecule is C=C(C)[C@H]1CC[C@]2(C)[C@@H]([NH+]([O-])O)CC[C@@]23C(=O)O[C@@H]1[C@@H]3O. The zero-order chi connectivity index (χ0) is 15.6. The molecule has 6 heteroatoms. The number of hydroxylamine groups is 2. The number of ether oxygens (including phenoxy) is 1. The van der Waals surface area contributed by atoms with E-state index in [9.17, 15) is 20.3 Å². The van der Waals surface area contributed by atoms with Crippen LogP contribution in [0.1, 0.15) is 39.5 Å². The molecule has 21 heavy (non-hydrogen) atoms. The van der Waals surface area contributed by atoms with Gasteiger partial charge in [-0.15, -0.1) is 0 Å². The van der Waals surface area contributed by atoms with Gasteiger partial charge in [0.1, 0.15) is 23.7 Å². The first kappa shape index (κ1) is 15.0. The van der Waals surface area contributed by atoms with Gasteiger partial charge in [0, 0.05) is 17.8 Å². The Labute approximate surface area is 123 Å². The maximum absolute atomic E-state index is 12.6. The lowest BCUT2D eigenvalue weighted by Gasteiger charge is -2.42. The number of hydrogen-bond acceptors (Lipinski definition) is 5. The predicted molar refractivity (Wildman–Crippen MR) is 73.1 cm³/mol. The second kappa shape index (κ2) is 4.52. The maximum atomic E-state index is 12.6. The summed E-state index contributed by atoms with van der Waals surface area (Å²) in [6.45, 7) is 7.66. The molecule has 0 amide bonds. The van der Waals surface area contributed by atoms with Crippen molar-refractivity contribution in [3.05, 3.63) is 17.4 Å². The summed E-state index contributed by atoms with van der Waals surface area (Å²) >= 11 is 0. The van der Waals surface area contributed by atoms with Crippen LogP contribution in [0.2, 0.25) is 0 Å². The zero-order valence-corrected chi connectivity index (χ0v) is 12.5. The summed E-state index contributed by atoms with van der Waals surface area (Å²) in [6.07, 6.45) is 0.590. The van der Waals surface area contributed by atoms with Gasteiger partial charge in [0.05, 0.1) is 0 Å². The highest BCUT2D eigenvalue weighted by molar-refractivity contribution is 5.82. The molecule has 2 saturated carbocycles. The van der Waals surface area contributed by atoms with E-state index in [4.69, 9.17) is 4.74 Å². The van der Waals surface area contributed by atoms with Crippen LogP contribution in [0.25, 0.3) is 0 Å². The summed E-state index contributed by atoms with van der Waals surface area (Å²) < 4.78 is 5.51. The summed E-state index contributed by atoms with van der Waals surface area (Å²) in [5.74, 6) is -0.516. The van der Waals surface area contributed by atoms with Crippen molar-refractivity contribution < 1.29 is 25.1 Å². The van der Waals surface area contributed by atoms with Gasteiger partial charge in [-0.25, -0.2) is 10.4 Å². The lowest BCUT2D eigenvalue weighted by molar-refractivity contribution is -1.07. The van der Waals surface area contributed by atoms with Crippen LogP contribution in [0.3, 0.4) is 0 Å². The summed E-state index contributed by atoms with van der Waals surface area (Å²) in [6, 6.07) is -0.609. The summed E-state index contributed by atoms with van der Waals surface area (Å²) in [4.78, 5) is 12.6. The fraction of sp³-hybridized carbons (Fsp3) is 0.800. The van der Waals surface area contributed by atoms with Crippen molar-refractivity contribution in [1.29, 1.82) is 0 Å². The van der Waals surface area contributed by atoms with Crippen molar-refractivity contribution in [3.8, 4) is 0 Å². The number of hydrogen-bond donors (Lipinski definition) is 3. The number of carbonyl (C=O) groups is 1. The van der Waals surface area contributed by atoms with Gasteiger partial charge < -0.3 is 15.1 Å². The zero-order valence-electron chi connectivity index (χ0n) is 12.5. The minimum Gasteiger partial charge on any atom is -0.600 e. The van der Waals surface area contributed by atoms with Gasteiger partial charge in [0.25, 0.3) is 0 Å². The monoisotopic (exact) mass is 297 g/mol. The van der Waals surface area contributed by atoms with Gasteiger partial charge in [-0.05, 0) is 26.2 Å². The Morgan fingerprint density at radius 1 is 1.48 bits per heavy atom. The normalized spacial score (nSPS) is 50.2. The van der Waals surface area contributed by atoms with E-state index in [1.165, 1.54) is 0 Å². The van der Waals surface area contributed by atoms with Crippen molar-refractivity contribution in [2.45, 2.75) is 57.8 Å². The summed E-state index contributed by atoms with van der Waals surface area (Å²) in [5, 5.41) is 31.1. The van der Waals surface area contributed by atoms with Gasteiger partial charge >= 0.3 is 5.97 Å². The number of aliphatic hydroxyl groups excluding tert-OH is 1. The largest absolute Gasteiger partial charge is 0.600 e. The molecule has 1 heterocycles. The van der Waals surface area contributed by atoms with E-state index in [1.807, 2.05) is 13.8 Å². The van der Waals surface area contributed by atoms with Crippen LogP contribution in [0.4, 0.5) is 0 Å². The molecule has 3 rings (SSSR count). The number of carbonyl (C=O) groups excluding carboxylic acids is 1. The molecular formula is C15H23NO5. The van der Waals surface area contributed by atoms with E-state index in [-0.39, 0.29) is 5.92 Å². The van der Waals surface area contributed by atoms with E-state index in [1.54, 1.807) is 0 Å². The lowest BCUT2D eigenvalue weighted by Crippen LogP contribution is -3.10. The van der Waals surface area contributed by atoms with Gasteiger partial charge in [-0.2, -0.15) is 0 Å².